The Morgan fingerprint density at radius 2 is 1.59 bits per heavy atom. The normalized spacial score (nSPS) is 16.9. The summed E-state index contributed by atoms with van der Waals surface area (Å²) in [6.45, 7) is 3.37. The fourth-order valence-electron chi connectivity index (χ4n) is 4.76. The lowest BCUT2D eigenvalue weighted by atomic mass is 9.76. The van der Waals surface area contributed by atoms with E-state index in [9.17, 15) is 22.8 Å². The van der Waals surface area contributed by atoms with Gasteiger partial charge in [-0.15, -0.1) is 0 Å². The Balaban J connectivity index is 1.72. The summed E-state index contributed by atoms with van der Waals surface area (Å²) in [7, 11) is -4.28. The minimum Gasteiger partial charge on any atom is -0.378 e. The van der Waals surface area contributed by atoms with Crippen molar-refractivity contribution >= 4 is 27.5 Å². The standard InChI is InChI=1S/C27H22O6S/c1-15-7-10-19(11-8-15)34(31,32)33-27-20-12-9-17(16(2)28)13-18(20)14-23-24(27)26(30)22-6-4-3-5-21(22)25(23)29/h3-8,10-11,14,17H,9,12-13H2,1-2H3. The first kappa shape index (κ1) is 22.2. The summed E-state index contributed by atoms with van der Waals surface area (Å²) >= 11 is 0. The number of ketones is 3. The van der Waals surface area contributed by atoms with Gasteiger partial charge in [0.2, 0.25) is 0 Å². The van der Waals surface area contributed by atoms with Crippen LogP contribution in [-0.4, -0.2) is 25.8 Å². The molecule has 0 N–H and O–H groups in total. The lowest BCUT2D eigenvalue weighted by Crippen LogP contribution is -2.27. The Morgan fingerprint density at radius 1 is 0.941 bits per heavy atom. The lowest BCUT2D eigenvalue weighted by Gasteiger charge is -2.29. The zero-order chi connectivity index (χ0) is 24.2. The summed E-state index contributed by atoms with van der Waals surface area (Å²) < 4.78 is 32.1. The third-order valence-corrected chi connectivity index (χ3v) is 7.89. The van der Waals surface area contributed by atoms with Crippen LogP contribution in [0.3, 0.4) is 0 Å². The predicted molar refractivity (Wildman–Crippen MR) is 125 cm³/mol. The molecule has 0 heterocycles. The second kappa shape index (κ2) is 8.02. The van der Waals surface area contributed by atoms with E-state index in [0.29, 0.717) is 30.4 Å². The van der Waals surface area contributed by atoms with Gasteiger partial charge >= 0.3 is 10.1 Å². The smallest absolute Gasteiger partial charge is 0.339 e. The monoisotopic (exact) mass is 474 g/mol. The molecule has 0 saturated heterocycles. The van der Waals surface area contributed by atoms with Crippen molar-refractivity contribution in [1.82, 2.24) is 0 Å². The van der Waals surface area contributed by atoms with E-state index in [1.165, 1.54) is 19.1 Å². The first-order valence-corrected chi connectivity index (χ1v) is 12.5. The molecule has 0 saturated carbocycles. The predicted octanol–water partition coefficient (Wildman–Crippen LogP) is 4.23. The molecule has 7 heteroatoms. The van der Waals surface area contributed by atoms with Gasteiger partial charge < -0.3 is 4.18 Å². The van der Waals surface area contributed by atoms with Gasteiger partial charge in [-0.05, 0) is 62.4 Å². The molecule has 34 heavy (non-hydrogen) atoms. The molecular weight excluding hydrogens is 452 g/mol. The van der Waals surface area contributed by atoms with Crippen LogP contribution in [0.1, 0.15) is 61.9 Å². The number of carbonyl (C=O) groups excluding carboxylic acids is 3. The van der Waals surface area contributed by atoms with Crippen molar-refractivity contribution in [3.05, 3.63) is 93.5 Å². The van der Waals surface area contributed by atoms with Crippen molar-refractivity contribution in [3.63, 3.8) is 0 Å². The van der Waals surface area contributed by atoms with E-state index < -0.39 is 15.9 Å². The minimum atomic E-state index is -4.28. The Labute approximate surface area is 197 Å². The number of fused-ring (bicyclic) bond motifs is 3. The number of hydrogen-bond donors (Lipinski definition) is 0. The van der Waals surface area contributed by atoms with Crippen LogP contribution in [0.25, 0.3) is 0 Å². The average molecular weight is 475 g/mol. The molecule has 0 radical (unpaired) electrons. The van der Waals surface area contributed by atoms with Crippen LogP contribution in [0.4, 0.5) is 0 Å². The SMILES string of the molecule is CC(=O)C1CCc2c(cc3c(c2OS(=O)(=O)c2ccc(C)cc2)C(=O)c2ccccc2C3=O)C1. The lowest BCUT2D eigenvalue weighted by molar-refractivity contribution is -0.121. The van der Waals surface area contributed by atoms with Gasteiger partial charge in [-0.1, -0.05) is 42.0 Å². The highest BCUT2D eigenvalue weighted by molar-refractivity contribution is 7.87. The molecule has 2 aliphatic carbocycles. The van der Waals surface area contributed by atoms with E-state index >= 15 is 0 Å². The van der Waals surface area contributed by atoms with E-state index in [4.69, 9.17) is 4.18 Å². The highest BCUT2D eigenvalue weighted by Gasteiger charge is 2.38. The molecule has 0 amide bonds. The molecular formula is C27H22O6S. The average Bonchev–Trinajstić information content (AvgIpc) is 2.82. The molecule has 3 aromatic carbocycles. The van der Waals surface area contributed by atoms with Crippen LogP contribution < -0.4 is 4.18 Å². The molecule has 3 aromatic rings. The summed E-state index contributed by atoms with van der Waals surface area (Å²) in [5.41, 5.74) is 2.69. The molecule has 2 aliphatic rings. The van der Waals surface area contributed by atoms with E-state index in [0.717, 1.165) is 5.56 Å². The molecule has 0 fully saturated rings. The van der Waals surface area contributed by atoms with Gasteiger partial charge in [-0.25, -0.2) is 0 Å². The van der Waals surface area contributed by atoms with Crippen molar-refractivity contribution < 1.29 is 27.0 Å². The summed E-state index contributed by atoms with van der Waals surface area (Å²) in [4.78, 5) is 38.9. The second-order valence-corrected chi connectivity index (χ2v) is 10.4. The molecule has 0 bridgehead atoms. The highest BCUT2D eigenvalue weighted by Crippen LogP contribution is 2.42. The zero-order valence-corrected chi connectivity index (χ0v) is 19.6. The number of aryl methyl sites for hydroxylation is 1. The number of benzene rings is 3. The molecule has 1 atom stereocenters. The van der Waals surface area contributed by atoms with Gasteiger partial charge in [0.25, 0.3) is 0 Å². The first-order valence-electron chi connectivity index (χ1n) is 11.1. The van der Waals surface area contributed by atoms with Gasteiger partial charge in [0, 0.05) is 22.6 Å². The van der Waals surface area contributed by atoms with Crippen molar-refractivity contribution in [3.8, 4) is 5.75 Å². The molecule has 0 aromatic heterocycles. The third kappa shape index (κ3) is 3.56. The van der Waals surface area contributed by atoms with Crippen LogP contribution in [0.5, 0.6) is 5.75 Å². The van der Waals surface area contributed by atoms with E-state index in [-0.39, 0.29) is 50.4 Å². The molecule has 0 spiro atoms. The number of carbonyl (C=O) groups is 3. The molecule has 0 aliphatic heterocycles. The van der Waals surface area contributed by atoms with Crippen LogP contribution in [0.2, 0.25) is 0 Å². The molecule has 1 unspecified atom stereocenters. The fraction of sp³-hybridized carbons (Fsp3) is 0.222. The highest BCUT2D eigenvalue weighted by atomic mass is 32.2. The molecule has 172 valence electrons. The van der Waals surface area contributed by atoms with Gasteiger partial charge in [0.1, 0.15) is 10.7 Å². The van der Waals surface area contributed by atoms with Crippen LogP contribution >= 0.6 is 0 Å². The van der Waals surface area contributed by atoms with E-state index in [2.05, 4.69) is 0 Å². The maximum absolute atomic E-state index is 13.5. The van der Waals surface area contributed by atoms with Crippen LogP contribution in [-0.2, 0) is 27.8 Å². The van der Waals surface area contributed by atoms with Gasteiger partial charge in [-0.3, -0.25) is 14.4 Å². The Bertz CT molecular complexity index is 1480. The zero-order valence-electron chi connectivity index (χ0n) is 18.8. The van der Waals surface area contributed by atoms with Gasteiger partial charge in [0.05, 0.1) is 5.56 Å². The fourth-order valence-corrected chi connectivity index (χ4v) is 5.73. The van der Waals surface area contributed by atoms with Gasteiger partial charge in [-0.2, -0.15) is 8.42 Å². The molecule has 6 nitrogen and oxygen atoms in total. The van der Waals surface area contributed by atoms with Crippen molar-refractivity contribution in [2.24, 2.45) is 5.92 Å². The summed E-state index contributed by atoms with van der Waals surface area (Å²) in [5.74, 6) is -1.10. The Morgan fingerprint density at radius 3 is 2.24 bits per heavy atom. The second-order valence-electron chi connectivity index (χ2n) is 8.87. The summed E-state index contributed by atoms with van der Waals surface area (Å²) in [5, 5.41) is 0. The van der Waals surface area contributed by atoms with Crippen LogP contribution in [0, 0.1) is 12.8 Å². The maximum atomic E-state index is 13.5. The minimum absolute atomic E-state index is 0.0283. The maximum Gasteiger partial charge on any atom is 0.339 e. The topological polar surface area (TPSA) is 94.6 Å². The van der Waals surface area contributed by atoms with E-state index in [1.54, 1.807) is 42.5 Å². The number of rotatable bonds is 4. The third-order valence-electron chi connectivity index (χ3n) is 6.65. The van der Waals surface area contributed by atoms with Crippen LogP contribution in [0.15, 0.2) is 59.5 Å². The number of hydrogen-bond acceptors (Lipinski definition) is 6. The summed E-state index contributed by atoms with van der Waals surface area (Å²) in [6.07, 6.45) is 1.25. The van der Waals surface area contributed by atoms with Gasteiger partial charge in [0.15, 0.2) is 17.3 Å². The van der Waals surface area contributed by atoms with Crippen molar-refractivity contribution in [1.29, 1.82) is 0 Å². The van der Waals surface area contributed by atoms with E-state index in [1.807, 2.05) is 6.92 Å². The van der Waals surface area contributed by atoms with Crippen molar-refractivity contribution in [2.75, 3.05) is 0 Å². The molecule has 5 rings (SSSR count). The Kier molecular flexibility index (Phi) is 5.24. The first-order chi connectivity index (χ1) is 16.2. The number of Topliss-reactive ketones (excluding diaryl/α,β-unsaturated/α-hetero) is 1. The Hall–Kier alpha value is -3.58. The summed E-state index contributed by atoms with van der Waals surface area (Å²) in [6, 6.07) is 14.3. The largest absolute Gasteiger partial charge is 0.378 e. The quantitative estimate of drug-likeness (QED) is 0.411. The van der Waals surface area contributed by atoms with Crippen molar-refractivity contribution in [2.45, 2.75) is 38.0 Å².